The molecular formula is C7H12Cl3NO2. The van der Waals surface area contributed by atoms with Gasteiger partial charge >= 0.3 is 0 Å². The van der Waals surface area contributed by atoms with Gasteiger partial charge in [0.05, 0.1) is 6.10 Å². The minimum atomic E-state index is -1.59. The summed E-state index contributed by atoms with van der Waals surface area (Å²) >= 11 is 16.3. The zero-order chi connectivity index (χ0) is 9.90. The van der Waals surface area contributed by atoms with Crippen LogP contribution in [0.5, 0.6) is 0 Å². The molecule has 13 heavy (non-hydrogen) atoms. The number of nitrogens with one attached hydrogen (secondary N) is 1. The highest BCUT2D eigenvalue weighted by atomic mass is 35.6. The third kappa shape index (κ3) is 5.25. The van der Waals surface area contributed by atoms with Crippen molar-refractivity contribution in [1.82, 2.24) is 5.48 Å². The third-order valence-corrected chi connectivity index (χ3v) is 1.97. The van der Waals surface area contributed by atoms with Crippen LogP contribution in [0.3, 0.4) is 0 Å². The molecule has 1 heterocycles. The van der Waals surface area contributed by atoms with Gasteiger partial charge in [-0.25, -0.2) is 0 Å². The number of ether oxygens (including phenoxy) is 1. The number of hydrogen-bond acceptors (Lipinski definition) is 3. The molecule has 1 saturated heterocycles. The highest BCUT2D eigenvalue weighted by Crippen LogP contribution is 2.24. The van der Waals surface area contributed by atoms with E-state index in [1.54, 1.807) is 0 Å². The molecule has 0 saturated carbocycles. The maximum Gasteiger partial charge on any atom is 0.266 e. The third-order valence-electron chi connectivity index (χ3n) is 1.74. The summed E-state index contributed by atoms with van der Waals surface area (Å²) in [4.78, 5) is 5.05. The number of halogens is 3. The zero-order valence-electron chi connectivity index (χ0n) is 7.23. The molecule has 0 spiro atoms. The van der Waals surface area contributed by atoms with Crippen molar-refractivity contribution in [2.45, 2.75) is 42.5 Å². The molecule has 0 aromatic heterocycles. The van der Waals surface area contributed by atoms with E-state index in [-0.39, 0.29) is 12.4 Å². The van der Waals surface area contributed by atoms with Gasteiger partial charge in [0.25, 0.3) is 3.92 Å². The topological polar surface area (TPSA) is 30.5 Å². The second kappa shape index (κ2) is 5.01. The fourth-order valence-corrected chi connectivity index (χ4v) is 1.32. The lowest BCUT2D eigenvalue weighted by Crippen LogP contribution is -2.37. The molecule has 1 aliphatic rings. The van der Waals surface area contributed by atoms with E-state index in [1.807, 2.05) is 6.92 Å². The van der Waals surface area contributed by atoms with Crippen molar-refractivity contribution in [2.24, 2.45) is 0 Å². The van der Waals surface area contributed by atoms with E-state index < -0.39 is 3.92 Å². The molecular weight excluding hydrogens is 236 g/mol. The van der Waals surface area contributed by atoms with Gasteiger partial charge in [0.1, 0.15) is 0 Å². The van der Waals surface area contributed by atoms with Gasteiger partial charge in [0, 0.05) is 6.42 Å². The minimum Gasteiger partial charge on any atom is -0.348 e. The summed E-state index contributed by atoms with van der Waals surface area (Å²) < 4.78 is 3.83. The highest BCUT2D eigenvalue weighted by Gasteiger charge is 2.25. The highest BCUT2D eigenvalue weighted by molar-refractivity contribution is 6.67. The van der Waals surface area contributed by atoms with Crippen molar-refractivity contribution < 1.29 is 9.57 Å². The van der Waals surface area contributed by atoms with Crippen molar-refractivity contribution in [3.63, 3.8) is 0 Å². The Morgan fingerprint density at radius 1 is 1.38 bits per heavy atom. The summed E-state index contributed by atoms with van der Waals surface area (Å²) in [6.45, 7) is 1.99. The fraction of sp³-hybridized carbons (Fsp3) is 1.00. The number of alkyl halides is 3. The van der Waals surface area contributed by atoms with Crippen molar-refractivity contribution in [1.29, 1.82) is 0 Å². The second-order valence-electron chi connectivity index (χ2n) is 3.02. The SMILES string of the molecule is C[C@@H]1CCCC(ONC(Cl)(Cl)Cl)O1. The predicted octanol–water partition coefficient (Wildman–Crippen LogP) is 2.75. The Kier molecular flexibility index (Phi) is 4.55. The maximum absolute atomic E-state index is 5.43. The van der Waals surface area contributed by atoms with Gasteiger partial charge < -0.3 is 4.74 Å². The molecule has 0 aromatic rings. The van der Waals surface area contributed by atoms with Crippen molar-refractivity contribution in [3.8, 4) is 0 Å². The summed E-state index contributed by atoms with van der Waals surface area (Å²) in [5, 5.41) is 0. The molecule has 1 aliphatic heterocycles. The standard InChI is InChI=1S/C7H12Cl3NO2/c1-5-3-2-4-6(12-5)13-11-7(8,9)10/h5-6,11H,2-4H2,1H3/t5-,6?/m1/s1. The Morgan fingerprint density at radius 3 is 2.62 bits per heavy atom. The fourth-order valence-electron chi connectivity index (χ4n) is 1.19. The molecule has 1 rings (SSSR count). The molecule has 78 valence electrons. The van der Waals surface area contributed by atoms with Crippen molar-refractivity contribution in [2.75, 3.05) is 0 Å². The first-order valence-electron chi connectivity index (χ1n) is 4.12. The molecule has 1 unspecified atom stereocenters. The first kappa shape index (κ1) is 11.8. The van der Waals surface area contributed by atoms with Crippen LogP contribution in [-0.4, -0.2) is 16.3 Å². The van der Waals surface area contributed by atoms with E-state index in [0.29, 0.717) is 0 Å². The Balaban J connectivity index is 2.21. The smallest absolute Gasteiger partial charge is 0.266 e. The van der Waals surface area contributed by atoms with E-state index in [4.69, 9.17) is 44.4 Å². The van der Waals surface area contributed by atoms with Gasteiger partial charge in [0.2, 0.25) is 0 Å². The minimum absolute atomic E-state index is 0.205. The Labute approximate surface area is 92.6 Å². The van der Waals surface area contributed by atoms with Gasteiger partial charge in [-0.3, -0.25) is 4.84 Å². The quantitative estimate of drug-likeness (QED) is 0.463. The van der Waals surface area contributed by atoms with E-state index in [0.717, 1.165) is 19.3 Å². The Morgan fingerprint density at radius 2 is 2.08 bits per heavy atom. The van der Waals surface area contributed by atoms with E-state index in [1.165, 1.54) is 0 Å². The van der Waals surface area contributed by atoms with Crippen LogP contribution >= 0.6 is 34.8 Å². The first-order chi connectivity index (χ1) is 5.97. The average molecular weight is 249 g/mol. The molecule has 3 nitrogen and oxygen atoms in total. The number of hydrogen-bond donors (Lipinski definition) is 1. The van der Waals surface area contributed by atoms with Crippen molar-refractivity contribution >= 4 is 34.8 Å². The number of rotatable bonds is 2. The molecule has 6 heteroatoms. The van der Waals surface area contributed by atoms with Crippen LogP contribution in [0, 0.1) is 0 Å². The molecule has 0 amide bonds. The molecule has 1 N–H and O–H groups in total. The van der Waals surface area contributed by atoms with E-state index >= 15 is 0 Å². The molecule has 1 fully saturated rings. The van der Waals surface area contributed by atoms with Crippen LogP contribution in [0.1, 0.15) is 26.2 Å². The summed E-state index contributed by atoms with van der Waals surface area (Å²) in [5.74, 6) is 0. The second-order valence-corrected chi connectivity index (χ2v) is 5.31. The lowest BCUT2D eigenvalue weighted by molar-refractivity contribution is -0.219. The van der Waals surface area contributed by atoms with Crippen LogP contribution < -0.4 is 5.48 Å². The summed E-state index contributed by atoms with van der Waals surface area (Å²) in [5.41, 5.74) is 2.28. The predicted molar refractivity (Wildman–Crippen MR) is 52.7 cm³/mol. The summed E-state index contributed by atoms with van der Waals surface area (Å²) in [6.07, 6.45) is 2.81. The molecule has 0 aliphatic carbocycles. The van der Waals surface area contributed by atoms with Gasteiger partial charge in [-0.05, 0) is 19.8 Å². The first-order valence-corrected chi connectivity index (χ1v) is 5.26. The van der Waals surface area contributed by atoms with Crippen LogP contribution in [0.4, 0.5) is 0 Å². The lowest BCUT2D eigenvalue weighted by atomic mass is 10.1. The van der Waals surface area contributed by atoms with Crippen LogP contribution in [-0.2, 0) is 9.57 Å². The van der Waals surface area contributed by atoms with E-state index in [2.05, 4.69) is 5.48 Å². The summed E-state index contributed by atoms with van der Waals surface area (Å²) in [6, 6.07) is 0. The number of hydroxylamine groups is 1. The molecule has 2 atom stereocenters. The maximum atomic E-state index is 5.43. The Bertz CT molecular complexity index is 162. The molecule has 0 aromatic carbocycles. The molecule has 0 radical (unpaired) electrons. The lowest BCUT2D eigenvalue weighted by Gasteiger charge is -2.28. The van der Waals surface area contributed by atoms with Gasteiger partial charge in [-0.2, -0.15) is 5.48 Å². The van der Waals surface area contributed by atoms with Gasteiger partial charge in [0.15, 0.2) is 6.29 Å². The molecule has 0 bridgehead atoms. The monoisotopic (exact) mass is 247 g/mol. The van der Waals surface area contributed by atoms with Crippen LogP contribution in [0.2, 0.25) is 0 Å². The normalized spacial score (nSPS) is 30.5. The van der Waals surface area contributed by atoms with Crippen LogP contribution in [0.25, 0.3) is 0 Å². The Hall–Kier alpha value is 0.750. The van der Waals surface area contributed by atoms with Crippen molar-refractivity contribution in [3.05, 3.63) is 0 Å². The van der Waals surface area contributed by atoms with Crippen LogP contribution in [0.15, 0.2) is 0 Å². The summed E-state index contributed by atoms with van der Waals surface area (Å²) in [7, 11) is 0. The van der Waals surface area contributed by atoms with E-state index in [9.17, 15) is 0 Å². The van der Waals surface area contributed by atoms with Gasteiger partial charge in [-0.1, -0.05) is 34.8 Å². The largest absolute Gasteiger partial charge is 0.348 e. The zero-order valence-corrected chi connectivity index (χ0v) is 9.49. The average Bonchev–Trinajstić information content (AvgIpc) is 2.00. The van der Waals surface area contributed by atoms with Gasteiger partial charge in [-0.15, -0.1) is 0 Å².